The summed E-state index contributed by atoms with van der Waals surface area (Å²) in [7, 11) is 5.02. The zero-order valence-corrected chi connectivity index (χ0v) is 18.4. The number of ether oxygens (including phenoxy) is 5. The van der Waals surface area contributed by atoms with Crippen molar-refractivity contribution in [1.29, 1.82) is 0 Å². The number of carbonyl (C=O) groups is 1. The molecule has 0 unspecified atom stereocenters. The SMILES string of the molecule is COC(=O)OC[C@@]1(C)O[C@@H](c2ccc3c(/N=C\N(C)C)ncnn23)[C@@H]2OC(C)(C)O[C@@H]21. The second-order valence-electron chi connectivity index (χ2n) is 8.46. The highest BCUT2D eigenvalue weighted by Crippen LogP contribution is 2.50. The molecule has 0 saturated carbocycles. The molecule has 4 heterocycles. The Morgan fingerprint density at radius 2 is 2.06 bits per heavy atom. The monoisotopic (exact) mass is 433 g/mol. The second-order valence-corrected chi connectivity index (χ2v) is 8.46. The first kappa shape index (κ1) is 21.5. The van der Waals surface area contributed by atoms with E-state index in [4.69, 9.17) is 18.9 Å². The highest BCUT2D eigenvalue weighted by atomic mass is 16.8. The maximum atomic E-state index is 11.6. The third-order valence-electron chi connectivity index (χ3n) is 5.23. The maximum absolute atomic E-state index is 11.6. The van der Waals surface area contributed by atoms with Crippen molar-refractivity contribution in [1.82, 2.24) is 19.5 Å². The number of nitrogens with zero attached hydrogens (tertiary/aromatic N) is 5. The number of rotatable bonds is 5. The molecule has 4 rings (SSSR count). The molecule has 11 nitrogen and oxygen atoms in total. The molecule has 0 radical (unpaired) electrons. The average molecular weight is 433 g/mol. The van der Waals surface area contributed by atoms with E-state index >= 15 is 0 Å². The summed E-state index contributed by atoms with van der Waals surface area (Å²) in [6.07, 6.45) is 0.933. The van der Waals surface area contributed by atoms with Crippen molar-refractivity contribution < 1.29 is 28.5 Å². The van der Waals surface area contributed by atoms with Gasteiger partial charge in [-0.05, 0) is 32.9 Å². The van der Waals surface area contributed by atoms with Crippen LogP contribution in [0.1, 0.15) is 32.6 Å². The Kier molecular flexibility index (Phi) is 5.36. The summed E-state index contributed by atoms with van der Waals surface area (Å²) in [6.45, 7) is 5.47. The van der Waals surface area contributed by atoms with Crippen LogP contribution in [0, 0.1) is 0 Å². The molecule has 4 atom stereocenters. The van der Waals surface area contributed by atoms with Gasteiger partial charge in [0.05, 0.1) is 19.1 Å². The van der Waals surface area contributed by atoms with Crippen molar-refractivity contribution >= 4 is 23.8 Å². The van der Waals surface area contributed by atoms with Gasteiger partial charge in [0.1, 0.15) is 42.4 Å². The van der Waals surface area contributed by atoms with Crippen molar-refractivity contribution in [3.05, 3.63) is 24.2 Å². The molecule has 2 aromatic rings. The zero-order valence-electron chi connectivity index (χ0n) is 18.4. The molecule has 0 amide bonds. The van der Waals surface area contributed by atoms with Crippen LogP contribution in [-0.2, 0) is 23.7 Å². The maximum Gasteiger partial charge on any atom is 0.508 e. The highest BCUT2D eigenvalue weighted by Gasteiger charge is 2.62. The lowest BCUT2D eigenvalue weighted by Crippen LogP contribution is -2.45. The zero-order chi connectivity index (χ0) is 22.4. The van der Waals surface area contributed by atoms with E-state index in [0.29, 0.717) is 5.82 Å². The first-order chi connectivity index (χ1) is 14.6. The van der Waals surface area contributed by atoms with Crippen LogP contribution in [0.5, 0.6) is 0 Å². The van der Waals surface area contributed by atoms with Gasteiger partial charge in [-0.1, -0.05) is 0 Å². The number of carbonyl (C=O) groups excluding carboxylic acids is 1. The summed E-state index contributed by atoms with van der Waals surface area (Å²) < 4.78 is 30.2. The smallest absolute Gasteiger partial charge is 0.438 e. The summed E-state index contributed by atoms with van der Waals surface area (Å²) in [5.74, 6) is -0.280. The fourth-order valence-electron chi connectivity index (χ4n) is 3.94. The summed E-state index contributed by atoms with van der Waals surface area (Å²) >= 11 is 0. The molecular weight excluding hydrogens is 406 g/mol. The number of hydrogen-bond donors (Lipinski definition) is 0. The molecule has 2 aliphatic heterocycles. The van der Waals surface area contributed by atoms with Crippen LogP contribution >= 0.6 is 0 Å². The number of methoxy groups -OCH3 is 1. The van der Waals surface area contributed by atoms with Gasteiger partial charge in [0.25, 0.3) is 0 Å². The molecule has 2 fully saturated rings. The van der Waals surface area contributed by atoms with Gasteiger partial charge in [0.2, 0.25) is 0 Å². The van der Waals surface area contributed by atoms with Crippen LogP contribution < -0.4 is 0 Å². The van der Waals surface area contributed by atoms with E-state index in [1.165, 1.54) is 13.4 Å². The standard InChI is InChI=1S/C20H27N5O6/c1-19(2)29-15-14(30-20(3,16(15)31-19)9-28-18(26)27-6)12-7-8-13-17(22-11-24(4)5)21-10-23-25(12)13/h7-8,10-11,14-16H,9H2,1-6H3/b22-11-/t14-,15-,16-,20+/m0/s1. The fourth-order valence-corrected chi connectivity index (χ4v) is 3.94. The van der Waals surface area contributed by atoms with Crippen LogP contribution in [0.3, 0.4) is 0 Å². The lowest BCUT2D eigenvalue weighted by molar-refractivity contribution is -0.214. The predicted molar refractivity (Wildman–Crippen MR) is 109 cm³/mol. The van der Waals surface area contributed by atoms with Crippen LogP contribution in [0.25, 0.3) is 5.52 Å². The van der Waals surface area contributed by atoms with Gasteiger partial charge >= 0.3 is 6.16 Å². The van der Waals surface area contributed by atoms with Crippen LogP contribution in [0.15, 0.2) is 23.5 Å². The Balaban J connectivity index is 1.70. The van der Waals surface area contributed by atoms with E-state index in [2.05, 4.69) is 19.8 Å². The third-order valence-corrected chi connectivity index (χ3v) is 5.23. The number of fused-ring (bicyclic) bond motifs is 2. The number of aromatic nitrogens is 3. The Bertz CT molecular complexity index is 1010. The van der Waals surface area contributed by atoms with Crippen molar-refractivity contribution in [2.75, 3.05) is 27.8 Å². The first-order valence-electron chi connectivity index (χ1n) is 9.91. The second kappa shape index (κ2) is 7.74. The number of hydrogen-bond acceptors (Lipinski definition) is 9. The third kappa shape index (κ3) is 3.95. The summed E-state index contributed by atoms with van der Waals surface area (Å²) in [5, 5.41) is 4.40. The molecule has 11 heteroatoms. The van der Waals surface area contributed by atoms with E-state index in [9.17, 15) is 4.79 Å². The van der Waals surface area contributed by atoms with E-state index in [0.717, 1.165) is 11.2 Å². The van der Waals surface area contributed by atoms with Crippen molar-refractivity contribution in [2.24, 2.45) is 4.99 Å². The molecule has 0 bridgehead atoms. The van der Waals surface area contributed by atoms with E-state index in [1.54, 1.807) is 10.9 Å². The normalized spacial score (nSPS) is 29.4. The molecule has 2 saturated heterocycles. The van der Waals surface area contributed by atoms with Gasteiger partial charge in [-0.25, -0.2) is 19.3 Å². The van der Waals surface area contributed by atoms with Gasteiger partial charge in [-0.15, -0.1) is 0 Å². The molecule has 2 aliphatic rings. The van der Waals surface area contributed by atoms with E-state index in [-0.39, 0.29) is 6.61 Å². The lowest BCUT2D eigenvalue weighted by Gasteiger charge is -2.30. The molecule has 0 spiro atoms. The van der Waals surface area contributed by atoms with E-state index in [1.807, 2.05) is 51.9 Å². The molecule has 0 aliphatic carbocycles. The Morgan fingerprint density at radius 1 is 1.29 bits per heavy atom. The molecule has 2 aromatic heterocycles. The van der Waals surface area contributed by atoms with Crippen LogP contribution in [-0.4, -0.2) is 83.4 Å². The van der Waals surface area contributed by atoms with Crippen molar-refractivity contribution in [3.63, 3.8) is 0 Å². The average Bonchev–Trinajstić information content (AvgIpc) is 3.36. The van der Waals surface area contributed by atoms with Crippen molar-refractivity contribution in [2.45, 2.75) is 50.5 Å². The van der Waals surface area contributed by atoms with Gasteiger partial charge < -0.3 is 28.6 Å². The highest BCUT2D eigenvalue weighted by molar-refractivity contribution is 5.70. The topological polar surface area (TPSA) is 109 Å². The molecule has 168 valence electrons. The molecular formula is C20H27N5O6. The van der Waals surface area contributed by atoms with Gasteiger partial charge in [0.15, 0.2) is 11.6 Å². The van der Waals surface area contributed by atoms with Crippen LogP contribution in [0.2, 0.25) is 0 Å². The Labute approximate surface area is 179 Å². The van der Waals surface area contributed by atoms with E-state index < -0.39 is 35.9 Å². The van der Waals surface area contributed by atoms with Gasteiger partial charge in [-0.3, -0.25) is 0 Å². The first-order valence-corrected chi connectivity index (χ1v) is 9.91. The summed E-state index contributed by atoms with van der Waals surface area (Å²) in [5.41, 5.74) is 0.547. The summed E-state index contributed by atoms with van der Waals surface area (Å²) in [4.78, 5) is 22.1. The molecule has 0 N–H and O–H groups in total. The Morgan fingerprint density at radius 3 is 2.77 bits per heavy atom. The predicted octanol–water partition coefficient (Wildman–Crippen LogP) is 2.08. The quantitative estimate of drug-likeness (QED) is 0.398. The van der Waals surface area contributed by atoms with Crippen molar-refractivity contribution in [3.8, 4) is 0 Å². The largest absolute Gasteiger partial charge is 0.508 e. The minimum atomic E-state index is -0.944. The lowest BCUT2D eigenvalue weighted by atomic mass is 9.97. The molecule has 31 heavy (non-hydrogen) atoms. The van der Waals surface area contributed by atoms with Gasteiger partial charge in [0, 0.05) is 14.1 Å². The molecule has 0 aromatic carbocycles. The summed E-state index contributed by atoms with van der Waals surface area (Å²) in [6, 6.07) is 3.79. The van der Waals surface area contributed by atoms with Gasteiger partial charge in [-0.2, -0.15) is 5.10 Å². The fraction of sp³-hybridized carbons (Fsp3) is 0.600. The van der Waals surface area contributed by atoms with Crippen LogP contribution in [0.4, 0.5) is 10.6 Å². The Hall–Kier alpha value is -2.76. The number of aliphatic imine (C=N–C) groups is 1. The minimum Gasteiger partial charge on any atom is -0.438 e. The minimum absolute atomic E-state index is 0.0482.